The van der Waals surface area contributed by atoms with Gasteiger partial charge >= 0.3 is 0 Å². The number of aromatic hydroxyl groups is 2. The van der Waals surface area contributed by atoms with Crippen LogP contribution in [-0.2, 0) is 6.54 Å². The Morgan fingerprint density at radius 2 is 1.39 bits per heavy atom. The second-order valence-electron chi connectivity index (χ2n) is 8.12. The molecule has 1 unspecified atom stereocenters. The molecule has 3 rings (SSSR count). The number of phenols is 2. The summed E-state index contributed by atoms with van der Waals surface area (Å²) in [5.74, 6) is -1.35. The summed E-state index contributed by atoms with van der Waals surface area (Å²) >= 11 is 0. The lowest BCUT2D eigenvalue weighted by molar-refractivity contribution is 0.0604. The van der Waals surface area contributed by atoms with Crippen LogP contribution in [0.25, 0.3) is 0 Å². The molecule has 10 heteroatoms. The molecule has 1 atom stereocenters. The first kappa shape index (κ1) is 26.3. The number of ether oxygens (including phenoxy) is 2. The smallest absolute Gasteiger partial charge is 0.252 e. The molecule has 0 saturated carbocycles. The molecule has 0 fully saturated rings. The fourth-order valence-corrected chi connectivity index (χ4v) is 3.52. The van der Waals surface area contributed by atoms with Gasteiger partial charge in [0.05, 0.1) is 11.1 Å². The van der Waals surface area contributed by atoms with Gasteiger partial charge in [-0.15, -0.1) is 0 Å². The SMILES string of the molecule is NC(=O)c1cc(OCCN(Cc2ccccc2)CC(O)COc2ccc(O)c(C(N)=O)c2)ccc1O. The summed E-state index contributed by atoms with van der Waals surface area (Å²) < 4.78 is 11.3. The third-order valence-corrected chi connectivity index (χ3v) is 5.30. The summed E-state index contributed by atoms with van der Waals surface area (Å²) in [6, 6.07) is 18.0. The molecule has 0 spiro atoms. The van der Waals surface area contributed by atoms with Gasteiger partial charge in [0.1, 0.15) is 42.3 Å². The maximum absolute atomic E-state index is 11.4. The van der Waals surface area contributed by atoms with Crippen molar-refractivity contribution in [1.82, 2.24) is 4.90 Å². The van der Waals surface area contributed by atoms with E-state index in [9.17, 15) is 24.9 Å². The highest BCUT2D eigenvalue weighted by Crippen LogP contribution is 2.24. The van der Waals surface area contributed by atoms with Gasteiger partial charge < -0.3 is 36.3 Å². The zero-order chi connectivity index (χ0) is 26.1. The van der Waals surface area contributed by atoms with Crippen LogP contribution in [0.3, 0.4) is 0 Å². The van der Waals surface area contributed by atoms with Crippen molar-refractivity contribution in [2.24, 2.45) is 11.5 Å². The number of benzene rings is 3. The molecule has 0 aliphatic heterocycles. The standard InChI is InChI=1S/C26H29N3O7/c27-25(33)21-12-19(6-8-23(21)31)35-11-10-29(14-17-4-2-1-3-5-17)15-18(30)16-36-20-7-9-24(32)22(13-20)26(28)34/h1-9,12-13,18,30-32H,10-11,14-16H2,(H2,27,33)(H2,28,34). The Morgan fingerprint density at radius 3 is 1.94 bits per heavy atom. The molecule has 10 nitrogen and oxygen atoms in total. The monoisotopic (exact) mass is 495 g/mol. The first-order chi connectivity index (χ1) is 17.2. The molecule has 0 heterocycles. The molecule has 36 heavy (non-hydrogen) atoms. The van der Waals surface area contributed by atoms with Crippen molar-refractivity contribution in [3.63, 3.8) is 0 Å². The number of nitrogens with two attached hydrogens (primary N) is 2. The van der Waals surface area contributed by atoms with Crippen LogP contribution in [0, 0.1) is 0 Å². The summed E-state index contributed by atoms with van der Waals surface area (Å²) in [5, 5.41) is 30.0. The van der Waals surface area contributed by atoms with E-state index < -0.39 is 17.9 Å². The van der Waals surface area contributed by atoms with Gasteiger partial charge in [0, 0.05) is 19.6 Å². The number of nitrogens with zero attached hydrogens (tertiary/aromatic N) is 1. The highest BCUT2D eigenvalue weighted by atomic mass is 16.5. The Bertz CT molecular complexity index is 1190. The maximum atomic E-state index is 11.4. The van der Waals surface area contributed by atoms with E-state index in [1.54, 1.807) is 0 Å². The van der Waals surface area contributed by atoms with Crippen LogP contribution in [0.1, 0.15) is 26.3 Å². The van der Waals surface area contributed by atoms with Crippen molar-refractivity contribution in [3.05, 3.63) is 83.4 Å². The van der Waals surface area contributed by atoms with Crippen molar-refractivity contribution in [2.75, 3.05) is 26.3 Å². The Labute approximate surface area is 208 Å². The van der Waals surface area contributed by atoms with E-state index in [2.05, 4.69) is 0 Å². The highest BCUT2D eigenvalue weighted by Gasteiger charge is 2.16. The minimum absolute atomic E-state index is 0.0325. The minimum atomic E-state index is -0.880. The maximum Gasteiger partial charge on any atom is 0.252 e. The molecule has 3 aromatic rings. The lowest BCUT2D eigenvalue weighted by Crippen LogP contribution is -2.37. The van der Waals surface area contributed by atoms with Crippen LogP contribution in [-0.4, -0.2) is 64.4 Å². The average Bonchev–Trinajstić information content (AvgIpc) is 2.84. The van der Waals surface area contributed by atoms with E-state index in [0.717, 1.165) is 5.56 Å². The molecule has 0 aliphatic carbocycles. The molecular formula is C26H29N3O7. The van der Waals surface area contributed by atoms with Crippen molar-refractivity contribution in [2.45, 2.75) is 12.6 Å². The topological polar surface area (TPSA) is 169 Å². The summed E-state index contributed by atoms with van der Waals surface area (Å²) in [6.45, 7) is 1.40. The quantitative estimate of drug-likeness (QED) is 0.238. The van der Waals surface area contributed by atoms with E-state index in [-0.39, 0.29) is 48.1 Å². The van der Waals surface area contributed by atoms with Crippen LogP contribution in [0.2, 0.25) is 0 Å². The van der Waals surface area contributed by atoms with Crippen LogP contribution in [0.5, 0.6) is 23.0 Å². The Balaban J connectivity index is 1.60. The van der Waals surface area contributed by atoms with E-state index in [1.807, 2.05) is 35.2 Å². The molecule has 0 saturated heterocycles. The summed E-state index contributed by atoms with van der Waals surface area (Å²) in [6.07, 6.45) is -0.880. The Morgan fingerprint density at radius 1 is 0.833 bits per heavy atom. The van der Waals surface area contributed by atoms with Gasteiger partial charge in [0.2, 0.25) is 0 Å². The molecule has 2 amide bonds. The number of carbonyl (C=O) groups is 2. The lowest BCUT2D eigenvalue weighted by Gasteiger charge is -2.25. The minimum Gasteiger partial charge on any atom is -0.507 e. The number of aliphatic hydroxyl groups excluding tert-OH is 1. The van der Waals surface area contributed by atoms with Crippen LogP contribution >= 0.6 is 0 Å². The predicted octanol–water partition coefficient (Wildman–Crippen LogP) is 1.62. The van der Waals surface area contributed by atoms with E-state index in [4.69, 9.17) is 20.9 Å². The molecule has 0 aromatic heterocycles. The highest BCUT2D eigenvalue weighted by molar-refractivity contribution is 5.96. The predicted molar refractivity (Wildman–Crippen MR) is 132 cm³/mol. The molecule has 190 valence electrons. The van der Waals surface area contributed by atoms with Gasteiger partial charge in [-0.25, -0.2) is 0 Å². The largest absolute Gasteiger partial charge is 0.507 e. The fourth-order valence-electron chi connectivity index (χ4n) is 3.52. The van der Waals surface area contributed by atoms with Gasteiger partial charge in [-0.1, -0.05) is 30.3 Å². The van der Waals surface area contributed by atoms with Crippen molar-refractivity contribution < 1.29 is 34.4 Å². The molecule has 0 radical (unpaired) electrons. The zero-order valence-electron chi connectivity index (χ0n) is 19.5. The van der Waals surface area contributed by atoms with Crippen LogP contribution < -0.4 is 20.9 Å². The Kier molecular flexibility index (Phi) is 9.09. The fraction of sp³-hybridized carbons (Fsp3) is 0.231. The average molecular weight is 496 g/mol. The van der Waals surface area contributed by atoms with Crippen molar-refractivity contribution >= 4 is 11.8 Å². The van der Waals surface area contributed by atoms with Crippen molar-refractivity contribution in [1.29, 1.82) is 0 Å². The first-order valence-electron chi connectivity index (χ1n) is 11.2. The molecule has 7 N–H and O–H groups in total. The second-order valence-corrected chi connectivity index (χ2v) is 8.12. The van der Waals surface area contributed by atoms with E-state index in [1.165, 1.54) is 36.4 Å². The molecule has 3 aromatic carbocycles. The number of amides is 2. The number of aliphatic hydroxyl groups is 1. The van der Waals surface area contributed by atoms with Crippen LogP contribution in [0.4, 0.5) is 0 Å². The zero-order valence-corrected chi connectivity index (χ0v) is 19.5. The van der Waals surface area contributed by atoms with Crippen molar-refractivity contribution in [3.8, 4) is 23.0 Å². The lowest BCUT2D eigenvalue weighted by atomic mass is 10.2. The third kappa shape index (κ3) is 7.62. The van der Waals surface area contributed by atoms with E-state index >= 15 is 0 Å². The second kappa shape index (κ2) is 12.4. The summed E-state index contributed by atoms with van der Waals surface area (Å²) in [4.78, 5) is 24.8. The normalized spacial score (nSPS) is 11.7. The van der Waals surface area contributed by atoms with Gasteiger partial charge in [0.25, 0.3) is 11.8 Å². The molecule has 0 bridgehead atoms. The van der Waals surface area contributed by atoms with Gasteiger partial charge in [-0.3, -0.25) is 14.5 Å². The number of carbonyl (C=O) groups excluding carboxylic acids is 2. The van der Waals surface area contributed by atoms with Gasteiger partial charge in [0.15, 0.2) is 0 Å². The number of hydrogen-bond donors (Lipinski definition) is 5. The summed E-state index contributed by atoms with van der Waals surface area (Å²) in [5.41, 5.74) is 11.4. The first-order valence-corrected chi connectivity index (χ1v) is 11.2. The molecular weight excluding hydrogens is 466 g/mol. The number of rotatable bonds is 13. The van der Waals surface area contributed by atoms with E-state index in [0.29, 0.717) is 18.8 Å². The Hall–Kier alpha value is -4.28. The number of hydrogen-bond acceptors (Lipinski definition) is 8. The summed E-state index contributed by atoms with van der Waals surface area (Å²) in [7, 11) is 0. The number of primary amides is 2. The van der Waals surface area contributed by atoms with Gasteiger partial charge in [-0.05, 0) is 42.0 Å². The third-order valence-electron chi connectivity index (χ3n) is 5.30. The van der Waals surface area contributed by atoms with Crippen LogP contribution in [0.15, 0.2) is 66.7 Å². The molecule has 0 aliphatic rings. The van der Waals surface area contributed by atoms with Gasteiger partial charge in [-0.2, -0.15) is 0 Å².